The van der Waals surface area contributed by atoms with Crippen molar-refractivity contribution >= 4 is 14.1 Å². The molecule has 1 aliphatic rings. The Balaban J connectivity index is 2.59. The number of carbonyl (C=O) groups is 1. The molecule has 0 heterocycles. The zero-order valence-corrected chi connectivity index (χ0v) is 12.0. The van der Waals surface area contributed by atoms with Crippen LogP contribution in [0.2, 0.25) is 18.1 Å². The van der Waals surface area contributed by atoms with Crippen LogP contribution in [0.5, 0.6) is 0 Å². The molecular weight excluding hydrogens is 220 g/mol. The number of aliphatic hydroxyl groups is 1. The summed E-state index contributed by atoms with van der Waals surface area (Å²) in [5, 5.41) is 9.71. The van der Waals surface area contributed by atoms with Gasteiger partial charge in [0.25, 0.3) is 0 Å². The van der Waals surface area contributed by atoms with Gasteiger partial charge in [0.2, 0.25) is 0 Å². The van der Waals surface area contributed by atoms with Crippen LogP contribution in [0.25, 0.3) is 0 Å². The van der Waals surface area contributed by atoms with Crippen molar-refractivity contribution in [2.75, 3.05) is 0 Å². The van der Waals surface area contributed by atoms with E-state index in [-0.39, 0.29) is 16.9 Å². The second-order valence-corrected chi connectivity index (χ2v) is 11.0. The summed E-state index contributed by atoms with van der Waals surface area (Å²) in [6.07, 6.45) is 0.964. The molecule has 1 saturated carbocycles. The van der Waals surface area contributed by atoms with Gasteiger partial charge in [0.05, 0.1) is 0 Å². The lowest BCUT2D eigenvalue weighted by Crippen LogP contribution is -2.46. The second kappa shape index (κ2) is 4.59. The Labute approximate surface area is 99.3 Å². The van der Waals surface area contributed by atoms with Crippen molar-refractivity contribution in [1.82, 2.24) is 0 Å². The molecule has 0 amide bonds. The summed E-state index contributed by atoms with van der Waals surface area (Å²) in [4.78, 5) is 11.2. The van der Waals surface area contributed by atoms with E-state index < -0.39 is 14.4 Å². The maximum absolute atomic E-state index is 11.2. The molecule has 94 valence electrons. The van der Waals surface area contributed by atoms with Crippen LogP contribution in [0.15, 0.2) is 0 Å². The largest absolute Gasteiger partial charge is 0.414 e. The molecule has 0 aliphatic heterocycles. The fourth-order valence-electron chi connectivity index (χ4n) is 1.67. The van der Waals surface area contributed by atoms with Crippen LogP contribution in [-0.2, 0) is 9.22 Å². The molecule has 1 N–H and O–H groups in total. The molecule has 0 bridgehead atoms. The quantitative estimate of drug-likeness (QED) is 0.759. The van der Waals surface area contributed by atoms with Gasteiger partial charge in [0.1, 0.15) is 6.10 Å². The van der Waals surface area contributed by atoms with E-state index in [4.69, 9.17) is 4.43 Å². The SMILES string of the molecule is CC(C)(C)[Si](C)(C)O[C@@H]1CCC(=O)[C@H](O)C1. The number of ketones is 1. The third-order valence-corrected chi connectivity index (χ3v) is 8.37. The number of carbonyl (C=O) groups excluding carboxylic acids is 1. The van der Waals surface area contributed by atoms with Gasteiger partial charge in [-0.2, -0.15) is 0 Å². The van der Waals surface area contributed by atoms with Gasteiger partial charge in [-0.1, -0.05) is 20.8 Å². The maximum Gasteiger partial charge on any atom is 0.192 e. The number of Topliss-reactive ketones (excluding diaryl/α,β-unsaturated/α-hetero) is 1. The zero-order valence-electron chi connectivity index (χ0n) is 11.0. The Morgan fingerprint density at radius 1 is 1.38 bits per heavy atom. The number of hydrogen-bond donors (Lipinski definition) is 1. The van der Waals surface area contributed by atoms with Crippen LogP contribution in [0, 0.1) is 0 Å². The molecule has 2 atom stereocenters. The van der Waals surface area contributed by atoms with Crippen LogP contribution in [0.1, 0.15) is 40.0 Å². The fourth-order valence-corrected chi connectivity index (χ4v) is 3.07. The highest BCUT2D eigenvalue weighted by Gasteiger charge is 2.40. The third-order valence-electron chi connectivity index (χ3n) is 3.84. The van der Waals surface area contributed by atoms with Crippen molar-refractivity contribution in [2.45, 2.75) is 70.4 Å². The van der Waals surface area contributed by atoms with Gasteiger partial charge in [-0.05, 0) is 24.6 Å². The predicted molar refractivity (Wildman–Crippen MR) is 66.9 cm³/mol. The molecule has 0 saturated heterocycles. The van der Waals surface area contributed by atoms with Crippen LogP contribution in [0.3, 0.4) is 0 Å². The molecule has 1 rings (SSSR count). The van der Waals surface area contributed by atoms with Crippen molar-refractivity contribution in [2.24, 2.45) is 0 Å². The van der Waals surface area contributed by atoms with E-state index in [1.54, 1.807) is 0 Å². The minimum atomic E-state index is -1.77. The summed E-state index contributed by atoms with van der Waals surface area (Å²) >= 11 is 0. The van der Waals surface area contributed by atoms with Crippen molar-refractivity contribution < 1.29 is 14.3 Å². The van der Waals surface area contributed by atoms with Gasteiger partial charge < -0.3 is 9.53 Å². The number of aliphatic hydroxyl groups excluding tert-OH is 1. The molecule has 0 aromatic heterocycles. The zero-order chi connectivity index (χ0) is 12.6. The summed E-state index contributed by atoms with van der Waals surface area (Å²) in [6.45, 7) is 11.0. The van der Waals surface area contributed by atoms with E-state index in [0.717, 1.165) is 6.42 Å². The Hall–Kier alpha value is -0.193. The molecule has 0 unspecified atom stereocenters. The molecular formula is C12H24O3Si. The first-order chi connectivity index (χ1) is 7.13. The summed E-state index contributed by atoms with van der Waals surface area (Å²) in [6, 6.07) is 0. The highest BCUT2D eigenvalue weighted by molar-refractivity contribution is 6.74. The molecule has 3 nitrogen and oxygen atoms in total. The average Bonchev–Trinajstić information content (AvgIpc) is 2.09. The Kier molecular flexibility index (Phi) is 3.98. The minimum Gasteiger partial charge on any atom is -0.414 e. The smallest absolute Gasteiger partial charge is 0.192 e. The van der Waals surface area contributed by atoms with E-state index in [1.165, 1.54) is 0 Å². The monoisotopic (exact) mass is 244 g/mol. The van der Waals surface area contributed by atoms with E-state index in [9.17, 15) is 9.90 Å². The van der Waals surface area contributed by atoms with Gasteiger partial charge in [-0.15, -0.1) is 0 Å². The molecule has 16 heavy (non-hydrogen) atoms. The average molecular weight is 244 g/mol. The second-order valence-electron chi connectivity index (χ2n) is 6.26. The van der Waals surface area contributed by atoms with Gasteiger partial charge in [-0.3, -0.25) is 4.79 Å². The highest BCUT2D eigenvalue weighted by Crippen LogP contribution is 2.38. The van der Waals surface area contributed by atoms with Crippen LogP contribution < -0.4 is 0 Å². The van der Waals surface area contributed by atoms with Crippen LogP contribution in [-0.4, -0.2) is 31.4 Å². The van der Waals surface area contributed by atoms with Gasteiger partial charge >= 0.3 is 0 Å². The highest BCUT2D eigenvalue weighted by atomic mass is 28.4. The Morgan fingerprint density at radius 2 is 1.94 bits per heavy atom. The first kappa shape index (κ1) is 13.9. The molecule has 0 aromatic rings. The maximum atomic E-state index is 11.2. The fraction of sp³-hybridized carbons (Fsp3) is 0.917. The summed E-state index contributed by atoms with van der Waals surface area (Å²) in [5.41, 5.74) is 0. The standard InChI is InChI=1S/C12H24O3Si/c1-12(2,3)16(4,5)15-9-6-7-10(13)11(14)8-9/h9,11,14H,6-8H2,1-5H3/t9-,11-/m1/s1. The molecule has 0 radical (unpaired) electrons. The van der Waals surface area contributed by atoms with Crippen molar-refractivity contribution in [1.29, 1.82) is 0 Å². The lowest BCUT2D eigenvalue weighted by atomic mass is 9.94. The molecule has 0 aromatic carbocycles. The lowest BCUT2D eigenvalue weighted by Gasteiger charge is -2.40. The minimum absolute atomic E-state index is 0.0323. The molecule has 1 aliphatic carbocycles. The summed E-state index contributed by atoms with van der Waals surface area (Å²) in [7, 11) is -1.77. The van der Waals surface area contributed by atoms with Crippen molar-refractivity contribution in [3.05, 3.63) is 0 Å². The van der Waals surface area contributed by atoms with Gasteiger partial charge in [0, 0.05) is 18.9 Å². The topological polar surface area (TPSA) is 46.5 Å². The van der Waals surface area contributed by atoms with Crippen molar-refractivity contribution in [3.8, 4) is 0 Å². The van der Waals surface area contributed by atoms with Crippen molar-refractivity contribution in [3.63, 3.8) is 0 Å². The lowest BCUT2D eigenvalue weighted by molar-refractivity contribution is -0.132. The predicted octanol–water partition coefficient (Wildman–Crippen LogP) is 2.49. The van der Waals surface area contributed by atoms with E-state index in [1.807, 2.05) is 0 Å². The van der Waals surface area contributed by atoms with E-state index in [2.05, 4.69) is 33.9 Å². The van der Waals surface area contributed by atoms with E-state index in [0.29, 0.717) is 12.8 Å². The van der Waals surface area contributed by atoms with Crippen LogP contribution >= 0.6 is 0 Å². The van der Waals surface area contributed by atoms with E-state index >= 15 is 0 Å². The third kappa shape index (κ3) is 3.15. The number of rotatable bonds is 2. The Morgan fingerprint density at radius 3 is 2.38 bits per heavy atom. The Bertz CT molecular complexity index is 268. The number of hydrogen-bond acceptors (Lipinski definition) is 3. The first-order valence-corrected chi connectivity index (χ1v) is 8.93. The normalized spacial score (nSPS) is 28.2. The molecule has 4 heteroatoms. The van der Waals surface area contributed by atoms with Gasteiger partial charge in [0.15, 0.2) is 14.1 Å². The molecule has 1 fully saturated rings. The van der Waals surface area contributed by atoms with Gasteiger partial charge in [-0.25, -0.2) is 0 Å². The summed E-state index contributed by atoms with van der Waals surface area (Å²) < 4.78 is 6.19. The first-order valence-electron chi connectivity index (χ1n) is 6.02. The summed E-state index contributed by atoms with van der Waals surface area (Å²) in [5.74, 6) is -0.0323. The molecule has 0 spiro atoms. The van der Waals surface area contributed by atoms with Crippen LogP contribution in [0.4, 0.5) is 0 Å².